The summed E-state index contributed by atoms with van der Waals surface area (Å²) in [5.41, 5.74) is 0. The van der Waals surface area contributed by atoms with Gasteiger partial charge in [-0.05, 0) is 24.7 Å². The largest absolute Gasteiger partial charge is 0.384 e. The highest BCUT2D eigenvalue weighted by Gasteiger charge is 2.26. The lowest BCUT2D eigenvalue weighted by Gasteiger charge is -2.30. The van der Waals surface area contributed by atoms with Gasteiger partial charge in [0, 0.05) is 39.7 Å². The highest BCUT2D eigenvalue weighted by molar-refractivity contribution is 14.0. The number of hydrogen-bond acceptors (Lipinski definition) is 2. The minimum Gasteiger partial charge on any atom is -0.384 e. The maximum atomic E-state index is 5.27. The Bertz CT molecular complexity index is 325. The third-order valence-electron chi connectivity index (χ3n) is 5.01. The van der Waals surface area contributed by atoms with Gasteiger partial charge in [-0.2, -0.15) is 0 Å². The van der Waals surface area contributed by atoms with Crippen LogP contribution in [0.15, 0.2) is 4.99 Å². The van der Waals surface area contributed by atoms with Gasteiger partial charge in [0.25, 0.3) is 0 Å². The van der Waals surface area contributed by atoms with E-state index in [4.69, 9.17) is 4.74 Å². The summed E-state index contributed by atoms with van der Waals surface area (Å²) in [7, 11) is 3.69. The SMILES string of the molecule is CN=C(NCC1CCCCC1C)N1CCC(COC)C1.I. The number of methoxy groups -OCH3 is 1. The Hall–Kier alpha value is -0.0400. The van der Waals surface area contributed by atoms with Gasteiger partial charge in [0.2, 0.25) is 0 Å². The van der Waals surface area contributed by atoms with E-state index in [9.17, 15) is 0 Å². The molecule has 1 aliphatic carbocycles. The molecule has 3 unspecified atom stereocenters. The van der Waals surface area contributed by atoms with Crippen LogP contribution in [0.5, 0.6) is 0 Å². The molecule has 0 spiro atoms. The van der Waals surface area contributed by atoms with Crippen molar-refractivity contribution in [2.24, 2.45) is 22.7 Å². The van der Waals surface area contributed by atoms with Gasteiger partial charge in [0.05, 0.1) is 6.61 Å². The predicted octanol–water partition coefficient (Wildman–Crippen LogP) is 2.97. The first-order valence-electron chi connectivity index (χ1n) is 8.19. The van der Waals surface area contributed by atoms with E-state index in [2.05, 4.69) is 22.1 Å². The Balaban J connectivity index is 0.00000220. The van der Waals surface area contributed by atoms with Gasteiger partial charge in [0.1, 0.15) is 0 Å². The molecule has 2 rings (SSSR count). The molecular formula is C16H32IN3O. The van der Waals surface area contributed by atoms with Crippen molar-refractivity contribution in [3.63, 3.8) is 0 Å². The molecule has 3 atom stereocenters. The zero-order valence-electron chi connectivity index (χ0n) is 13.8. The number of hydrogen-bond donors (Lipinski definition) is 1. The highest BCUT2D eigenvalue weighted by atomic mass is 127. The molecule has 124 valence electrons. The van der Waals surface area contributed by atoms with Crippen molar-refractivity contribution in [2.45, 2.75) is 39.0 Å². The highest BCUT2D eigenvalue weighted by Crippen LogP contribution is 2.29. The average Bonchev–Trinajstić information content (AvgIpc) is 2.90. The van der Waals surface area contributed by atoms with Crippen LogP contribution in [0.25, 0.3) is 0 Å². The molecule has 21 heavy (non-hydrogen) atoms. The Kier molecular flexibility index (Phi) is 8.94. The van der Waals surface area contributed by atoms with E-state index >= 15 is 0 Å². The summed E-state index contributed by atoms with van der Waals surface area (Å²) in [5, 5.41) is 3.61. The van der Waals surface area contributed by atoms with Crippen LogP contribution >= 0.6 is 24.0 Å². The van der Waals surface area contributed by atoms with Crippen molar-refractivity contribution in [2.75, 3.05) is 40.4 Å². The standard InChI is InChI=1S/C16H31N3O.HI/c1-13-6-4-5-7-15(13)10-18-16(17-2)19-9-8-14(11-19)12-20-3;/h13-15H,4-12H2,1-3H3,(H,17,18);1H. The monoisotopic (exact) mass is 409 g/mol. The Morgan fingerprint density at radius 1 is 1.29 bits per heavy atom. The Morgan fingerprint density at radius 3 is 2.71 bits per heavy atom. The van der Waals surface area contributed by atoms with Crippen molar-refractivity contribution >= 4 is 29.9 Å². The molecule has 4 nitrogen and oxygen atoms in total. The van der Waals surface area contributed by atoms with Gasteiger partial charge in [-0.25, -0.2) is 0 Å². The second kappa shape index (κ2) is 9.87. The first kappa shape index (κ1) is 19.0. The summed E-state index contributed by atoms with van der Waals surface area (Å²) >= 11 is 0. The van der Waals surface area contributed by atoms with Crippen LogP contribution in [0.3, 0.4) is 0 Å². The second-order valence-corrected chi connectivity index (χ2v) is 6.51. The quantitative estimate of drug-likeness (QED) is 0.441. The van der Waals surface area contributed by atoms with Crippen LogP contribution in [0.4, 0.5) is 0 Å². The Labute approximate surface area is 147 Å². The molecule has 0 aromatic rings. The van der Waals surface area contributed by atoms with Crippen LogP contribution in [0.1, 0.15) is 39.0 Å². The third-order valence-corrected chi connectivity index (χ3v) is 5.01. The molecule has 0 amide bonds. The van der Waals surface area contributed by atoms with Gasteiger partial charge in [-0.15, -0.1) is 24.0 Å². The van der Waals surface area contributed by atoms with Crippen molar-refractivity contribution in [1.82, 2.24) is 10.2 Å². The van der Waals surface area contributed by atoms with E-state index in [1.807, 2.05) is 7.05 Å². The minimum absolute atomic E-state index is 0. The number of nitrogens with one attached hydrogen (secondary N) is 1. The maximum absolute atomic E-state index is 5.27. The summed E-state index contributed by atoms with van der Waals surface area (Å²) in [6.45, 7) is 6.53. The molecule has 0 aromatic heterocycles. The van der Waals surface area contributed by atoms with E-state index in [1.165, 1.54) is 32.1 Å². The lowest BCUT2D eigenvalue weighted by atomic mass is 9.80. The summed E-state index contributed by atoms with van der Waals surface area (Å²) in [5.74, 6) is 3.42. The van der Waals surface area contributed by atoms with Crippen molar-refractivity contribution in [3.8, 4) is 0 Å². The first-order chi connectivity index (χ1) is 9.74. The third kappa shape index (κ3) is 5.58. The van der Waals surface area contributed by atoms with Crippen LogP contribution in [-0.2, 0) is 4.74 Å². The normalized spacial score (nSPS) is 30.1. The summed E-state index contributed by atoms with van der Waals surface area (Å²) in [6, 6.07) is 0. The fraction of sp³-hybridized carbons (Fsp3) is 0.938. The fourth-order valence-corrected chi connectivity index (χ4v) is 3.65. The summed E-state index contributed by atoms with van der Waals surface area (Å²) in [6.07, 6.45) is 6.79. The molecule has 1 saturated carbocycles. The number of likely N-dealkylation sites (tertiary alicyclic amines) is 1. The molecule has 0 radical (unpaired) electrons. The molecule has 0 aromatic carbocycles. The number of rotatable bonds is 4. The zero-order chi connectivity index (χ0) is 14.4. The van der Waals surface area contributed by atoms with Crippen LogP contribution in [0, 0.1) is 17.8 Å². The van der Waals surface area contributed by atoms with Gasteiger partial charge >= 0.3 is 0 Å². The van der Waals surface area contributed by atoms with Crippen LogP contribution < -0.4 is 5.32 Å². The van der Waals surface area contributed by atoms with Crippen molar-refractivity contribution < 1.29 is 4.74 Å². The molecule has 0 bridgehead atoms. The van der Waals surface area contributed by atoms with Gasteiger partial charge in [0.15, 0.2) is 5.96 Å². The van der Waals surface area contributed by atoms with E-state index in [-0.39, 0.29) is 24.0 Å². The molecule has 2 fully saturated rings. The number of nitrogens with zero attached hydrogens (tertiary/aromatic N) is 2. The molecular weight excluding hydrogens is 377 g/mol. The first-order valence-corrected chi connectivity index (χ1v) is 8.19. The predicted molar refractivity (Wildman–Crippen MR) is 99.5 cm³/mol. The maximum Gasteiger partial charge on any atom is 0.193 e. The van der Waals surface area contributed by atoms with E-state index in [0.29, 0.717) is 5.92 Å². The Morgan fingerprint density at radius 2 is 2.05 bits per heavy atom. The minimum atomic E-state index is 0. The number of guanidine groups is 1. The summed E-state index contributed by atoms with van der Waals surface area (Å²) < 4.78 is 5.27. The molecule has 5 heteroatoms. The lowest BCUT2D eigenvalue weighted by molar-refractivity contribution is 0.157. The lowest BCUT2D eigenvalue weighted by Crippen LogP contribution is -2.43. The van der Waals surface area contributed by atoms with Gasteiger partial charge in [-0.1, -0.05) is 26.2 Å². The zero-order valence-corrected chi connectivity index (χ0v) is 16.1. The second-order valence-electron chi connectivity index (χ2n) is 6.51. The van der Waals surface area contributed by atoms with E-state index in [0.717, 1.165) is 44.0 Å². The summed E-state index contributed by atoms with van der Waals surface area (Å²) in [4.78, 5) is 6.85. The molecule has 2 aliphatic rings. The van der Waals surface area contributed by atoms with Crippen molar-refractivity contribution in [3.05, 3.63) is 0 Å². The number of aliphatic imine (C=N–C) groups is 1. The smallest absolute Gasteiger partial charge is 0.193 e. The molecule has 1 aliphatic heterocycles. The van der Waals surface area contributed by atoms with Gasteiger partial charge in [-0.3, -0.25) is 4.99 Å². The molecule has 1 N–H and O–H groups in total. The van der Waals surface area contributed by atoms with Crippen molar-refractivity contribution in [1.29, 1.82) is 0 Å². The van der Waals surface area contributed by atoms with Crippen LogP contribution in [0.2, 0.25) is 0 Å². The van der Waals surface area contributed by atoms with Crippen LogP contribution in [-0.4, -0.2) is 51.3 Å². The van der Waals surface area contributed by atoms with Gasteiger partial charge < -0.3 is 15.0 Å². The molecule has 1 saturated heterocycles. The number of ether oxygens (including phenoxy) is 1. The molecule has 1 heterocycles. The fourth-order valence-electron chi connectivity index (χ4n) is 3.65. The average molecular weight is 409 g/mol. The topological polar surface area (TPSA) is 36.9 Å². The van der Waals surface area contributed by atoms with E-state index < -0.39 is 0 Å². The number of halogens is 1. The van der Waals surface area contributed by atoms with E-state index in [1.54, 1.807) is 7.11 Å².